The first-order chi connectivity index (χ1) is 29.0. The summed E-state index contributed by atoms with van der Waals surface area (Å²) in [7, 11) is 1.27. The number of allylic oxidation sites excluding steroid dienone is 18. The van der Waals surface area contributed by atoms with Crippen LogP contribution < -0.4 is 10.2 Å². The van der Waals surface area contributed by atoms with Crippen molar-refractivity contribution in [2.24, 2.45) is 0 Å². The molecule has 0 saturated heterocycles. The summed E-state index contributed by atoms with van der Waals surface area (Å²) in [5, 5.41) is 13.5. The Morgan fingerprint density at radius 3 is 1.45 bits per heavy atom. The van der Waals surface area contributed by atoms with Gasteiger partial charge in [0.1, 0.15) is 13.2 Å². The third-order valence-electron chi connectivity index (χ3n) is 9.53. The van der Waals surface area contributed by atoms with Gasteiger partial charge in [0.05, 0.1) is 39.9 Å². The summed E-state index contributed by atoms with van der Waals surface area (Å²) in [5.41, 5.74) is 0. The van der Waals surface area contributed by atoms with Crippen LogP contribution in [0.2, 0.25) is 0 Å². The Kier molecular flexibility index (Phi) is 39.5. The molecule has 0 aromatic rings. The molecule has 3 atom stereocenters. The number of phosphoric acid groups is 1. The van der Waals surface area contributed by atoms with Crippen molar-refractivity contribution in [3.8, 4) is 0 Å². The molecule has 0 spiro atoms. The van der Waals surface area contributed by atoms with Crippen molar-refractivity contribution < 1.29 is 32.9 Å². The maximum Gasteiger partial charge on any atom is 0.268 e. The van der Waals surface area contributed by atoms with Crippen LogP contribution in [0.5, 0.6) is 0 Å². The maximum absolute atomic E-state index is 12.7. The van der Waals surface area contributed by atoms with Gasteiger partial charge in [-0.05, 0) is 83.5 Å². The van der Waals surface area contributed by atoms with Gasteiger partial charge >= 0.3 is 0 Å². The average molecular weight is 855 g/mol. The quantitative estimate of drug-likeness (QED) is 0.0275. The molecule has 0 bridgehead atoms. The van der Waals surface area contributed by atoms with E-state index in [0.717, 1.165) is 109 Å². The van der Waals surface area contributed by atoms with Crippen LogP contribution in [-0.2, 0) is 18.4 Å². The van der Waals surface area contributed by atoms with E-state index in [-0.39, 0.29) is 19.1 Å². The molecule has 0 saturated carbocycles. The van der Waals surface area contributed by atoms with Crippen molar-refractivity contribution in [2.45, 2.75) is 167 Å². The number of nitrogens with zero attached hydrogens (tertiary/aromatic N) is 1. The van der Waals surface area contributed by atoms with Crippen molar-refractivity contribution in [3.05, 3.63) is 109 Å². The number of carbonyl (C=O) groups is 1. The molecule has 0 heterocycles. The van der Waals surface area contributed by atoms with Gasteiger partial charge in [-0.2, -0.15) is 0 Å². The summed E-state index contributed by atoms with van der Waals surface area (Å²) < 4.78 is 22.9. The second kappa shape index (κ2) is 41.5. The molecule has 0 aliphatic rings. The molecular formula is C51H87N2O6P. The predicted octanol–water partition coefficient (Wildman–Crippen LogP) is 12.7. The van der Waals surface area contributed by atoms with E-state index in [4.69, 9.17) is 9.05 Å². The molecule has 0 aromatic carbocycles. The molecule has 0 aromatic heterocycles. The first-order valence-corrected chi connectivity index (χ1v) is 24.7. The zero-order valence-electron chi connectivity index (χ0n) is 38.6. The number of aliphatic hydroxyl groups excluding tert-OH is 1. The van der Waals surface area contributed by atoms with Crippen LogP contribution in [-0.4, -0.2) is 68.5 Å². The van der Waals surface area contributed by atoms with Gasteiger partial charge in [-0.3, -0.25) is 9.36 Å². The van der Waals surface area contributed by atoms with Crippen LogP contribution in [0.25, 0.3) is 0 Å². The highest BCUT2D eigenvalue weighted by Gasteiger charge is 2.24. The second-order valence-electron chi connectivity index (χ2n) is 16.4. The minimum absolute atomic E-state index is 0.00200. The lowest BCUT2D eigenvalue weighted by molar-refractivity contribution is -0.870. The summed E-state index contributed by atoms with van der Waals surface area (Å²) in [4.78, 5) is 25.0. The minimum atomic E-state index is -4.55. The lowest BCUT2D eigenvalue weighted by atomic mass is 10.0. The van der Waals surface area contributed by atoms with E-state index in [2.05, 4.69) is 129 Å². The largest absolute Gasteiger partial charge is 0.756 e. The molecule has 8 nitrogen and oxygen atoms in total. The first-order valence-electron chi connectivity index (χ1n) is 23.2. The molecule has 3 unspecified atom stereocenters. The van der Waals surface area contributed by atoms with Gasteiger partial charge < -0.3 is 28.8 Å². The third kappa shape index (κ3) is 43.3. The van der Waals surface area contributed by atoms with E-state index >= 15 is 0 Å². The Hall–Kier alpha value is -2.84. The van der Waals surface area contributed by atoms with Crippen molar-refractivity contribution in [3.63, 3.8) is 0 Å². The van der Waals surface area contributed by atoms with E-state index in [1.54, 1.807) is 0 Å². The van der Waals surface area contributed by atoms with Gasteiger partial charge in [0.25, 0.3) is 7.82 Å². The monoisotopic (exact) mass is 855 g/mol. The molecule has 0 rings (SSSR count). The Balaban J connectivity index is 3.94. The highest BCUT2D eigenvalue weighted by atomic mass is 31.2. The third-order valence-corrected chi connectivity index (χ3v) is 10.5. The number of amides is 1. The van der Waals surface area contributed by atoms with E-state index in [9.17, 15) is 19.4 Å². The summed E-state index contributed by atoms with van der Waals surface area (Å²) in [5.74, 6) is -0.195. The second-order valence-corrected chi connectivity index (χ2v) is 17.8. The molecule has 0 radical (unpaired) electrons. The number of aliphatic hydroxyl groups is 1. The van der Waals surface area contributed by atoms with Crippen LogP contribution >= 0.6 is 7.82 Å². The summed E-state index contributed by atoms with van der Waals surface area (Å²) in [6.07, 6.45) is 60.5. The fourth-order valence-electron chi connectivity index (χ4n) is 5.85. The predicted molar refractivity (Wildman–Crippen MR) is 256 cm³/mol. The van der Waals surface area contributed by atoms with E-state index in [1.807, 2.05) is 21.1 Å². The fourth-order valence-corrected chi connectivity index (χ4v) is 6.58. The van der Waals surface area contributed by atoms with Gasteiger partial charge in [0.2, 0.25) is 5.91 Å². The number of rotatable bonds is 40. The molecule has 60 heavy (non-hydrogen) atoms. The molecular weight excluding hydrogens is 768 g/mol. The Labute approximate surface area is 368 Å². The van der Waals surface area contributed by atoms with Crippen LogP contribution in [0, 0.1) is 0 Å². The molecule has 9 heteroatoms. The average Bonchev–Trinajstić information content (AvgIpc) is 3.20. The summed E-state index contributed by atoms with van der Waals surface area (Å²) in [6, 6.07) is -0.809. The number of likely N-dealkylation sites (N-methyl/N-ethyl adjacent to an activating group) is 1. The highest BCUT2D eigenvalue weighted by Crippen LogP contribution is 2.38. The zero-order chi connectivity index (χ0) is 44.3. The molecule has 2 N–H and O–H groups in total. The number of phosphoric ester groups is 1. The van der Waals surface area contributed by atoms with E-state index in [1.165, 1.54) is 19.3 Å². The van der Waals surface area contributed by atoms with Gasteiger partial charge in [0, 0.05) is 6.42 Å². The van der Waals surface area contributed by atoms with E-state index in [0.29, 0.717) is 23.9 Å². The number of nitrogens with one attached hydrogen (secondary N) is 1. The van der Waals surface area contributed by atoms with Crippen molar-refractivity contribution in [1.82, 2.24) is 5.32 Å². The number of unbranched alkanes of at least 4 members (excludes halogenated alkanes) is 9. The van der Waals surface area contributed by atoms with Crippen LogP contribution in [0.1, 0.15) is 155 Å². The Morgan fingerprint density at radius 1 is 0.600 bits per heavy atom. The zero-order valence-corrected chi connectivity index (χ0v) is 39.5. The SMILES string of the molecule is CC/C=C\C/C=C\C/C=C\C/C=C\C/C=C\C/C=C\C/C=C\C/C=C\C/C=C\CCCCCCCCCC(=O)NC(COP(=O)([O-])OCC[N+](C)(C)C)C(O)CCCCC. The minimum Gasteiger partial charge on any atom is -0.756 e. The molecule has 1 amide bonds. The van der Waals surface area contributed by atoms with Crippen molar-refractivity contribution >= 4 is 13.7 Å². The number of quaternary nitrogens is 1. The molecule has 0 aliphatic heterocycles. The van der Waals surface area contributed by atoms with Crippen molar-refractivity contribution in [1.29, 1.82) is 0 Å². The molecule has 342 valence electrons. The number of hydrogen-bond acceptors (Lipinski definition) is 6. The Bertz CT molecular complexity index is 1340. The van der Waals surface area contributed by atoms with Gasteiger partial charge in [-0.15, -0.1) is 0 Å². The summed E-state index contributed by atoms with van der Waals surface area (Å²) >= 11 is 0. The number of hydrogen-bond donors (Lipinski definition) is 2. The Morgan fingerprint density at radius 2 is 1.02 bits per heavy atom. The topological polar surface area (TPSA) is 108 Å². The number of carbonyl (C=O) groups excluding carboxylic acids is 1. The standard InChI is InChI=1S/C51H87N2O6P/c1-6-8-10-11-12-13-14-15-16-17-18-19-20-21-22-23-24-25-26-27-28-29-30-31-32-33-34-35-36-37-38-39-40-41-43-45-51(55)52-49(50(54)44-42-9-7-2)48-59-60(56,57)58-47-46-53(3,4)5/h8,10,12-13,15-16,18-19,21-22,24-25,27-28,30-31,33-34,49-50,54H,6-7,9,11,14,17,20,23,26,29,32,35-48H2,1-5H3,(H-,52,55,56,57)/b10-8-,13-12-,16-15-,19-18-,22-21-,25-24-,28-27-,31-30-,34-33-. The fraction of sp³-hybridized carbons (Fsp3) is 0.627. The smallest absolute Gasteiger partial charge is 0.268 e. The van der Waals surface area contributed by atoms with Gasteiger partial charge in [-0.1, -0.05) is 175 Å². The van der Waals surface area contributed by atoms with Crippen LogP contribution in [0.15, 0.2) is 109 Å². The van der Waals surface area contributed by atoms with Gasteiger partial charge in [-0.25, -0.2) is 0 Å². The van der Waals surface area contributed by atoms with E-state index < -0.39 is 20.0 Å². The highest BCUT2D eigenvalue weighted by molar-refractivity contribution is 7.45. The maximum atomic E-state index is 12.7. The van der Waals surface area contributed by atoms with Crippen LogP contribution in [0.4, 0.5) is 0 Å². The first kappa shape index (κ1) is 57.2. The molecule has 0 aliphatic carbocycles. The van der Waals surface area contributed by atoms with Gasteiger partial charge in [0.15, 0.2) is 0 Å². The molecule has 0 fully saturated rings. The normalized spacial score (nSPS) is 15.2. The summed E-state index contributed by atoms with van der Waals surface area (Å²) in [6.45, 7) is 4.39. The lowest BCUT2D eigenvalue weighted by Gasteiger charge is -2.30. The van der Waals surface area contributed by atoms with Crippen LogP contribution in [0.3, 0.4) is 0 Å². The van der Waals surface area contributed by atoms with Crippen molar-refractivity contribution in [2.75, 3.05) is 40.9 Å². The lowest BCUT2D eigenvalue weighted by Crippen LogP contribution is -2.46.